The molecule has 7 nitrogen and oxygen atoms in total. The first-order valence-electron chi connectivity index (χ1n) is 12.4. The van der Waals surface area contributed by atoms with Gasteiger partial charge >= 0.3 is 12.1 Å². The van der Waals surface area contributed by atoms with Gasteiger partial charge < -0.3 is 19.3 Å². The standard InChI is InChI=1S/C28H25F4N3O4/c1-3-39-26(37)19-15-34(2)21-14-33-23-18(22(21)25(19)36)7-8-20(29)24(23)35-11-9-27(38,10-12-35)16-5-4-6-17(13-16)28(30,31)32/h4-8,13-15,38H,3,9-12H2,1-2H3. The molecule has 1 N–H and O–H groups in total. The summed E-state index contributed by atoms with van der Waals surface area (Å²) in [6.07, 6.45) is -1.64. The molecule has 1 aliphatic heterocycles. The molecule has 4 aromatic rings. The van der Waals surface area contributed by atoms with Crippen LogP contribution in [0.5, 0.6) is 0 Å². The highest BCUT2D eigenvalue weighted by Crippen LogP contribution is 2.40. The van der Waals surface area contributed by atoms with Gasteiger partial charge in [0.1, 0.15) is 11.4 Å². The second-order valence-corrected chi connectivity index (χ2v) is 9.61. The first-order chi connectivity index (χ1) is 18.4. The van der Waals surface area contributed by atoms with Crippen LogP contribution >= 0.6 is 0 Å². The molecule has 0 unspecified atom stereocenters. The van der Waals surface area contributed by atoms with Crippen LogP contribution in [-0.2, 0) is 23.6 Å². The van der Waals surface area contributed by atoms with E-state index in [2.05, 4.69) is 4.98 Å². The summed E-state index contributed by atoms with van der Waals surface area (Å²) in [5.41, 5.74) is -2.20. The van der Waals surface area contributed by atoms with E-state index in [1.54, 1.807) is 23.4 Å². The van der Waals surface area contributed by atoms with E-state index in [1.807, 2.05) is 0 Å². The van der Waals surface area contributed by atoms with Crippen LogP contribution in [0.15, 0.2) is 53.6 Å². The van der Waals surface area contributed by atoms with E-state index in [-0.39, 0.29) is 60.3 Å². The van der Waals surface area contributed by atoms with Crippen LogP contribution in [0.4, 0.5) is 23.2 Å². The van der Waals surface area contributed by atoms with Crippen molar-refractivity contribution in [2.75, 3.05) is 24.6 Å². The third kappa shape index (κ3) is 4.60. The summed E-state index contributed by atoms with van der Waals surface area (Å²) in [7, 11) is 1.65. The third-order valence-corrected chi connectivity index (χ3v) is 7.25. The number of aromatic nitrogens is 2. The summed E-state index contributed by atoms with van der Waals surface area (Å²) >= 11 is 0. The number of carbonyl (C=O) groups excluding carboxylic acids is 1. The number of nitrogens with zero attached hydrogens (tertiary/aromatic N) is 3. The van der Waals surface area contributed by atoms with Crippen LogP contribution in [0.25, 0.3) is 21.8 Å². The van der Waals surface area contributed by atoms with Crippen molar-refractivity contribution in [1.29, 1.82) is 0 Å². The van der Waals surface area contributed by atoms with Crippen molar-refractivity contribution in [3.63, 3.8) is 0 Å². The maximum atomic E-state index is 15.3. The number of carbonyl (C=O) groups is 1. The first kappa shape index (κ1) is 26.6. The summed E-state index contributed by atoms with van der Waals surface area (Å²) < 4.78 is 61.5. The van der Waals surface area contributed by atoms with Gasteiger partial charge in [-0.25, -0.2) is 9.18 Å². The normalized spacial score (nSPS) is 15.6. The highest BCUT2D eigenvalue weighted by Gasteiger charge is 2.38. The zero-order chi connectivity index (χ0) is 28.1. The molecule has 3 heterocycles. The zero-order valence-corrected chi connectivity index (χ0v) is 21.2. The van der Waals surface area contributed by atoms with Gasteiger partial charge in [-0.05, 0) is 49.6 Å². The number of benzene rings is 2. The van der Waals surface area contributed by atoms with E-state index in [0.29, 0.717) is 10.9 Å². The summed E-state index contributed by atoms with van der Waals surface area (Å²) in [4.78, 5) is 31.9. The van der Waals surface area contributed by atoms with Crippen LogP contribution in [0, 0.1) is 5.82 Å². The van der Waals surface area contributed by atoms with Crippen LogP contribution in [0.2, 0.25) is 0 Å². The van der Waals surface area contributed by atoms with Gasteiger partial charge in [0.2, 0.25) is 5.43 Å². The quantitative estimate of drug-likeness (QED) is 0.224. The molecule has 0 aliphatic carbocycles. The first-order valence-corrected chi connectivity index (χ1v) is 12.4. The number of halogens is 4. The predicted octanol–water partition coefficient (Wildman–Crippen LogP) is 4.91. The Bertz CT molecular complexity index is 1660. The van der Waals surface area contributed by atoms with E-state index < -0.39 is 34.6 Å². The highest BCUT2D eigenvalue weighted by atomic mass is 19.4. The van der Waals surface area contributed by atoms with Gasteiger partial charge in [0, 0.05) is 31.7 Å². The van der Waals surface area contributed by atoms with E-state index in [0.717, 1.165) is 12.1 Å². The maximum Gasteiger partial charge on any atom is 0.416 e. The smallest absolute Gasteiger partial charge is 0.416 e. The van der Waals surface area contributed by atoms with Crippen molar-refractivity contribution in [2.24, 2.45) is 7.05 Å². The molecule has 39 heavy (non-hydrogen) atoms. The van der Waals surface area contributed by atoms with Crippen LogP contribution in [0.3, 0.4) is 0 Å². The molecule has 2 aromatic carbocycles. The Morgan fingerprint density at radius 1 is 1.18 bits per heavy atom. The topological polar surface area (TPSA) is 84.7 Å². The lowest BCUT2D eigenvalue weighted by molar-refractivity contribution is -0.137. The number of piperidine rings is 1. The summed E-state index contributed by atoms with van der Waals surface area (Å²) in [5.74, 6) is -1.37. The number of aliphatic hydroxyl groups is 1. The average Bonchev–Trinajstić information content (AvgIpc) is 2.90. The molecule has 1 fully saturated rings. The molecule has 0 spiro atoms. The minimum atomic E-state index is -4.54. The summed E-state index contributed by atoms with van der Waals surface area (Å²) in [6.45, 7) is 1.98. The third-order valence-electron chi connectivity index (χ3n) is 7.25. The van der Waals surface area contributed by atoms with Crippen molar-refractivity contribution in [2.45, 2.75) is 31.5 Å². The number of hydrogen-bond acceptors (Lipinski definition) is 6. The Kier molecular flexibility index (Phi) is 6.58. The molecule has 0 radical (unpaired) electrons. The largest absolute Gasteiger partial charge is 0.462 e. The fourth-order valence-corrected chi connectivity index (χ4v) is 5.21. The molecule has 5 rings (SSSR count). The Labute approximate surface area is 220 Å². The van der Waals surface area contributed by atoms with E-state index in [9.17, 15) is 27.9 Å². The molecule has 0 amide bonds. The number of esters is 1. The van der Waals surface area contributed by atoms with Gasteiger partial charge in [-0.1, -0.05) is 12.1 Å². The van der Waals surface area contributed by atoms with E-state index in [1.165, 1.54) is 36.7 Å². The second kappa shape index (κ2) is 9.64. The molecular weight excluding hydrogens is 518 g/mol. The van der Waals surface area contributed by atoms with Crippen molar-refractivity contribution in [3.05, 3.63) is 81.5 Å². The van der Waals surface area contributed by atoms with E-state index in [4.69, 9.17) is 4.74 Å². The molecular formula is C28H25F4N3O4. The van der Waals surface area contributed by atoms with Crippen molar-refractivity contribution < 1.29 is 32.2 Å². The molecule has 0 saturated carbocycles. The van der Waals surface area contributed by atoms with Crippen molar-refractivity contribution >= 4 is 33.5 Å². The highest BCUT2D eigenvalue weighted by molar-refractivity contribution is 6.09. The van der Waals surface area contributed by atoms with Gasteiger partial charge in [-0.15, -0.1) is 0 Å². The molecule has 0 atom stereocenters. The Morgan fingerprint density at radius 2 is 1.90 bits per heavy atom. The Balaban J connectivity index is 1.55. The number of hydrogen-bond donors (Lipinski definition) is 1. The Hall–Kier alpha value is -3.99. The van der Waals surface area contributed by atoms with Crippen molar-refractivity contribution in [1.82, 2.24) is 9.55 Å². The van der Waals surface area contributed by atoms with E-state index >= 15 is 4.39 Å². The van der Waals surface area contributed by atoms with Gasteiger partial charge in [-0.3, -0.25) is 9.78 Å². The number of fused-ring (bicyclic) bond motifs is 3. The summed E-state index contributed by atoms with van der Waals surface area (Å²) in [5, 5.41) is 11.8. The lowest BCUT2D eigenvalue weighted by Gasteiger charge is -2.40. The van der Waals surface area contributed by atoms with Gasteiger partial charge in [0.25, 0.3) is 0 Å². The van der Waals surface area contributed by atoms with Crippen LogP contribution in [0.1, 0.15) is 41.3 Å². The number of pyridine rings is 2. The van der Waals surface area contributed by atoms with Crippen LogP contribution in [-0.4, -0.2) is 40.3 Å². The molecule has 204 valence electrons. The average molecular weight is 544 g/mol. The number of ether oxygens (including phenoxy) is 1. The van der Waals surface area contributed by atoms with Crippen molar-refractivity contribution in [3.8, 4) is 0 Å². The fourth-order valence-electron chi connectivity index (χ4n) is 5.21. The maximum absolute atomic E-state index is 15.3. The Morgan fingerprint density at radius 3 is 2.56 bits per heavy atom. The number of anilines is 1. The molecule has 1 aliphatic rings. The molecule has 2 aromatic heterocycles. The lowest BCUT2D eigenvalue weighted by Crippen LogP contribution is -2.43. The minimum absolute atomic E-state index is 0.0481. The number of alkyl halides is 3. The second-order valence-electron chi connectivity index (χ2n) is 9.61. The fraction of sp³-hybridized carbons (Fsp3) is 0.321. The van der Waals surface area contributed by atoms with Crippen LogP contribution < -0.4 is 10.3 Å². The SMILES string of the molecule is CCOC(=O)c1cn(C)c2cnc3c(N4CCC(O)(c5cccc(C(F)(F)F)c5)CC4)c(F)ccc3c2c1=O. The molecule has 0 bridgehead atoms. The lowest BCUT2D eigenvalue weighted by atomic mass is 9.83. The van der Waals surface area contributed by atoms with Gasteiger partial charge in [-0.2, -0.15) is 13.2 Å². The molecule has 11 heteroatoms. The molecule has 1 saturated heterocycles. The monoisotopic (exact) mass is 543 g/mol. The summed E-state index contributed by atoms with van der Waals surface area (Å²) in [6, 6.07) is 7.24. The number of aryl methyl sites for hydroxylation is 1. The minimum Gasteiger partial charge on any atom is -0.462 e. The zero-order valence-electron chi connectivity index (χ0n) is 21.2. The van der Waals surface area contributed by atoms with Gasteiger partial charge in [0.05, 0.1) is 46.1 Å². The predicted molar refractivity (Wildman–Crippen MR) is 137 cm³/mol. The van der Waals surface area contributed by atoms with Gasteiger partial charge in [0.15, 0.2) is 0 Å². The number of rotatable bonds is 4.